The number of hydrogen-bond donors (Lipinski definition) is 2. The van der Waals surface area contributed by atoms with Gasteiger partial charge in [0.1, 0.15) is 17.3 Å². The first-order chi connectivity index (χ1) is 19.0. The number of phenols is 1. The van der Waals surface area contributed by atoms with Gasteiger partial charge in [0, 0.05) is 30.0 Å². The van der Waals surface area contributed by atoms with Crippen LogP contribution in [0.2, 0.25) is 0 Å². The summed E-state index contributed by atoms with van der Waals surface area (Å²) in [5.41, 5.74) is 2.52. The topological polar surface area (TPSA) is 90.3 Å². The van der Waals surface area contributed by atoms with E-state index in [2.05, 4.69) is 11.8 Å². The molecule has 39 heavy (non-hydrogen) atoms. The van der Waals surface area contributed by atoms with Gasteiger partial charge in [-0.15, -0.1) is 0 Å². The van der Waals surface area contributed by atoms with Gasteiger partial charge in [-0.2, -0.15) is 0 Å². The number of amides is 1. The number of carbonyl (C=O) groups excluding carboxylic acids is 2. The van der Waals surface area contributed by atoms with Crippen LogP contribution in [0, 0.1) is 0 Å². The predicted molar refractivity (Wildman–Crippen MR) is 152 cm³/mol. The van der Waals surface area contributed by atoms with Gasteiger partial charge < -0.3 is 19.8 Å². The second-order valence-electron chi connectivity index (χ2n) is 10.1. The van der Waals surface area contributed by atoms with Gasteiger partial charge in [0.05, 0.1) is 18.2 Å². The van der Waals surface area contributed by atoms with Crippen molar-refractivity contribution in [2.45, 2.75) is 45.1 Å². The molecule has 0 saturated carbocycles. The second-order valence-corrected chi connectivity index (χ2v) is 10.1. The maximum atomic E-state index is 13.4. The Bertz CT molecular complexity index is 1360. The quantitative estimate of drug-likeness (QED) is 0.150. The van der Waals surface area contributed by atoms with Gasteiger partial charge in [0.15, 0.2) is 0 Å². The highest BCUT2D eigenvalue weighted by atomic mass is 16.5. The third-order valence-corrected chi connectivity index (χ3v) is 7.37. The number of carbonyl (C=O) groups is 2. The molecule has 0 spiro atoms. The van der Waals surface area contributed by atoms with Crippen molar-refractivity contribution in [2.24, 2.45) is 0 Å². The Hall–Kier alpha value is -4.26. The second kappa shape index (κ2) is 11.6. The molecule has 0 radical (unpaired) electrons. The summed E-state index contributed by atoms with van der Waals surface area (Å²) in [5, 5.41) is 21.6. The van der Waals surface area contributed by atoms with Crippen LogP contribution in [0.5, 0.6) is 11.5 Å². The lowest BCUT2D eigenvalue weighted by Gasteiger charge is -2.26. The number of unbranched alkanes of at least 4 members (excludes halogenated alkanes) is 2. The van der Waals surface area contributed by atoms with Crippen LogP contribution in [0.25, 0.3) is 5.76 Å². The van der Waals surface area contributed by atoms with Crippen molar-refractivity contribution in [1.82, 2.24) is 0 Å². The van der Waals surface area contributed by atoms with E-state index in [0.717, 1.165) is 50.9 Å². The van der Waals surface area contributed by atoms with E-state index in [4.69, 9.17) is 4.74 Å². The van der Waals surface area contributed by atoms with Gasteiger partial charge in [-0.3, -0.25) is 14.5 Å². The summed E-state index contributed by atoms with van der Waals surface area (Å²) in [6, 6.07) is 20.0. The number of Topliss-reactive ketones (excluding diaryl/α,β-unsaturated/α-hetero) is 1. The van der Waals surface area contributed by atoms with Crippen LogP contribution in [0.3, 0.4) is 0 Å². The SMILES string of the molecule is CCCCCOc1ccc(/C(O)=C2\C(=O)C(=O)N(c3ccc(N4CCCC4)cc3)C2c2cccc(O)c2)cc1. The number of ketones is 1. The van der Waals surface area contributed by atoms with E-state index in [1.807, 2.05) is 24.3 Å². The zero-order valence-electron chi connectivity index (χ0n) is 22.2. The summed E-state index contributed by atoms with van der Waals surface area (Å²) in [4.78, 5) is 30.5. The monoisotopic (exact) mass is 526 g/mol. The van der Waals surface area contributed by atoms with E-state index in [1.165, 1.54) is 17.0 Å². The number of aliphatic hydroxyl groups is 1. The van der Waals surface area contributed by atoms with Gasteiger partial charge in [0.2, 0.25) is 0 Å². The molecule has 7 nitrogen and oxygen atoms in total. The Balaban J connectivity index is 1.51. The Morgan fingerprint density at radius 1 is 0.923 bits per heavy atom. The highest BCUT2D eigenvalue weighted by Crippen LogP contribution is 2.43. The molecule has 1 amide bonds. The summed E-state index contributed by atoms with van der Waals surface area (Å²) in [5.74, 6) is -1.09. The molecule has 1 unspecified atom stereocenters. The molecule has 7 heteroatoms. The van der Waals surface area contributed by atoms with Gasteiger partial charge in [-0.05, 0) is 85.5 Å². The minimum atomic E-state index is -0.903. The Labute approximate surface area is 228 Å². The average Bonchev–Trinajstić information content (AvgIpc) is 3.58. The number of hydrogen-bond acceptors (Lipinski definition) is 6. The molecule has 1 atom stereocenters. The van der Waals surface area contributed by atoms with Crippen LogP contribution in [-0.2, 0) is 9.59 Å². The van der Waals surface area contributed by atoms with Gasteiger partial charge in [0.25, 0.3) is 11.7 Å². The minimum absolute atomic E-state index is 0.00652. The van der Waals surface area contributed by atoms with Crippen LogP contribution in [0.4, 0.5) is 11.4 Å². The van der Waals surface area contributed by atoms with E-state index >= 15 is 0 Å². The van der Waals surface area contributed by atoms with Crippen molar-refractivity contribution in [1.29, 1.82) is 0 Å². The largest absolute Gasteiger partial charge is 0.508 e. The smallest absolute Gasteiger partial charge is 0.300 e. The third-order valence-electron chi connectivity index (χ3n) is 7.37. The van der Waals surface area contributed by atoms with E-state index in [0.29, 0.717) is 29.2 Å². The molecule has 5 rings (SSSR count). The lowest BCUT2D eigenvalue weighted by molar-refractivity contribution is -0.132. The zero-order valence-corrected chi connectivity index (χ0v) is 22.2. The number of nitrogens with zero attached hydrogens (tertiary/aromatic N) is 2. The molecule has 2 heterocycles. The zero-order chi connectivity index (χ0) is 27.4. The highest BCUT2D eigenvalue weighted by molar-refractivity contribution is 6.51. The molecule has 0 bridgehead atoms. The normalized spacial score (nSPS) is 18.6. The van der Waals surface area contributed by atoms with Crippen molar-refractivity contribution in [3.8, 4) is 11.5 Å². The van der Waals surface area contributed by atoms with E-state index in [9.17, 15) is 19.8 Å². The standard InChI is InChI=1S/C32H34N2O5/c1-2-3-6-20-39-27-16-10-22(11-17-27)30(36)28-29(23-8-7-9-26(35)21-23)34(32(38)31(28)37)25-14-12-24(13-15-25)33-18-4-5-19-33/h7-17,21,29,35-36H,2-6,18-20H2,1H3/b30-28+. The summed E-state index contributed by atoms with van der Waals surface area (Å²) >= 11 is 0. The third kappa shape index (κ3) is 5.48. The fourth-order valence-electron chi connectivity index (χ4n) is 5.32. The Morgan fingerprint density at radius 3 is 2.28 bits per heavy atom. The summed E-state index contributed by atoms with van der Waals surface area (Å²) in [6.07, 6.45) is 5.47. The van der Waals surface area contributed by atoms with Crippen LogP contribution >= 0.6 is 0 Å². The summed E-state index contributed by atoms with van der Waals surface area (Å²) in [7, 11) is 0. The molecule has 3 aromatic rings. The summed E-state index contributed by atoms with van der Waals surface area (Å²) < 4.78 is 5.77. The fraction of sp³-hybridized carbons (Fsp3) is 0.312. The molecule has 0 aromatic heterocycles. The highest BCUT2D eigenvalue weighted by Gasteiger charge is 2.47. The fourth-order valence-corrected chi connectivity index (χ4v) is 5.32. The number of aromatic hydroxyl groups is 1. The predicted octanol–water partition coefficient (Wildman–Crippen LogP) is 6.19. The molecular weight excluding hydrogens is 492 g/mol. The maximum Gasteiger partial charge on any atom is 0.300 e. The average molecular weight is 527 g/mol. The van der Waals surface area contributed by atoms with Crippen molar-refractivity contribution in [2.75, 3.05) is 29.5 Å². The molecule has 202 valence electrons. The first-order valence-electron chi connectivity index (χ1n) is 13.7. The lowest BCUT2D eigenvalue weighted by atomic mass is 9.95. The minimum Gasteiger partial charge on any atom is -0.508 e. The van der Waals surface area contributed by atoms with Gasteiger partial charge in [-0.1, -0.05) is 31.9 Å². The number of anilines is 2. The van der Waals surface area contributed by atoms with Crippen molar-refractivity contribution < 1.29 is 24.5 Å². The van der Waals surface area contributed by atoms with Gasteiger partial charge in [-0.25, -0.2) is 0 Å². The molecule has 2 N–H and O–H groups in total. The molecular formula is C32H34N2O5. The van der Waals surface area contributed by atoms with E-state index in [-0.39, 0.29) is 17.1 Å². The molecule has 2 aliphatic rings. The number of rotatable bonds is 9. The molecule has 2 fully saturated rings. The number of aliphatic hydroxyl groups excluding tert-OH is 1. The van der Waals surface area contributed by atoms with Crippen molar-refractivity contribution >= 4 is 28.8 Å². The van der Waals surface area contributed by atoms with E-state index < -0.39 is 17.7 Å². The van der Waals surface area contributed by atoms with Crippen molar-refractivity contribution in [3.05, 3.63) is 89.5 Å². The van der Waals surface area contributed by atoms with Crippen LogP contribution in [0.1, 0.15) is 56.2 Å². The molecule has 3 aromatic carbocycles. The Morgan fingerprint density at radius 2 is 1.62 bits per heavy atom. The van der Waals surface area contributed by atoms with Gasteiger partial charge >= 0.3 is 0 Å². The number of benzene rings is 3. The summed E-state index contributed by atoms with van der Waals surface area (Å²) in [6.45, 7) is 4.73. The van der Waals surface area contributed by atoms with Crippen molar-refractivity contribution in [3.63, 3.8) is 0 Å². The molecule has 2 saturated heterocycles. The first-order valence-corrected chi connectivity index (χ1v) is 13.7. The number of ether oxygens (including phenoxy) is 1. The lowest BCUT2D eigenvalue weighted by Crippen LogP contribution is -2.29. The maximum absolute atomic E-state index is 13.4. The van der Waals surface area contributed by atoms with E-state index in [1.54, 1.807) is 36.4 Å². The Kier molecular flexibility index (Phi) is 7.87. The number of phenolic OH excluding ortho intramolecular Hbond substituents is 1. The first kappa shape index (κ1) is 26.4. The van der Waals surface area contributed by atoms with Crippen LogP contribution in [-0.4, -0.2) is 41.6 Å². The van der Waals surface area contributed by atoms with Crippen LogP contribution < -0.4 is 14.5 Å². The molecule has 0 aliphatic carbocycles. The van der Waals surface area contributed by atoms with Crippen LogP contribution in [0.15, 0.2) is 78.4 Å². The molecule has 2 aliphatic heterocycles.